The maximum atomic E-state index is 6.06. The minimum absolute atomic E-state index is 0.0222. The molecule has 0 radical (unpaired) electrons. The van der Waals surface area contributed by atoms with Gasteiger partial charge in [0.15, 0.2) is 0 Å². The largest absolute Gasteiger partial charge is 0.383 e. The molecule has 4 heteroatoms. The summed E-state index contributed by atoms with van der Waals surface area (Å²) in [6.45, 7) is 5.55. The van der Waals surface area contributed by atoms with Crippen LogP contribution in [0.3, 0.4) is 0 Å². The third-order valence-corrected chi connectivity index (χ3v) is 3.41. The van der Waals surface area contributed by atoms with Crippen LogP contribution in [0.25, 0.3) is 0 Å². The molecule has 0 aliphatic carbocycles. The number of nitrogens with two attached hydrogens (primary N) is 1. The number of nitrogens with zero attached hydrogens (tertiary/aromatic N) is 1. The summed E-state index contributed by atoms with van der Waals surface area (Å²) in [4.78, 5) is 4.20. The van der Waals surface area contributed by atoms with Crippen LogP contribution in [0.1, 0.15) is 37.1 Å². The van der Waals surface area contributed by atoms with Gasteiger partial charge >= 0.3 is 0 Å². The van der Waals surface area contributed by atoms with Crippen molar-refractivity contribution in [1.82, 2.24) is 10.3 Å². The van der Waals surface area contributed by atoms with Crippen molar-refractivity contribution in [3.63, 3.8) is 0 Å². The summed E-state index contributed by atoms with van der Waals surface area (Å²) in [6.07, 6.45) is 1.61. The van der Waals surface area contributed by atoms with Crippen molar-refractivity contribution < 1.29 is 4.74 Å². The average Bonchev–Trinajstić information content (AvgIpc) is 2.52. The average molecular weight is 285 g/mol. The van der Waals surface area contributed by atoms with Crippen LogP contribution in [0.4, 0.5) is 5.82 Å². The zero-order valence-corrected chi connectivity index (χ0v) is 12.6. The first kappa shape index (κ1) is 15.5. The molecule has 2 atom stereocenters. The smallest absolute Gasteiger partial charge is 0.128 e. The number of hydrogen-bond donors (Lipinski definition) is 2. The summed E-state index contributed by atoms with van der Waals surface area (Å²) < 4.78 is 6.01. The van der Waals surface area contributed by atoms with E-state index >= 15 is 0 Å². The Bertz CT molecular complexity index is 545. The second kappa shape index (κ2) is 7.76. The fraction of sp³-hybridized carbons (Fsp3) is 0.353. The summed E-state index contributed by atoms with van der Waals surface area (Å²) in [7, 11) is 0. The molecule has 0 aliphatic heterocycles. The second-order valence-corrected chi connectivity index (χ2v) is 4.80. The topological polar surface area (TPSA) is 60.2 Å². The standard InChI is InChI=1S/C17H23N3O/c1-3-19-15(14-11-8-12-20-17(14)18)16(21-4-2)13-9-6-5-7-10-13/h5-12,15-16,19H,3-4H2,1-2H3,(H2,18,20). The normalized spacial score (nSPS) is 13.8. The van der Waals surface area contributed by atoms with E-state index in [1.54, 1.807) is 6.20 Å². The van der Waals surface area contributed by atoms with Gasteiger partial charge in [0, 0.05) is 18.4 Å². The highest BCUT2D eigenvalue weighted by Crippen LogP contribution is 2.33. The summed E-state index contributed by atoms with van der Waals surface area (Å²) in [6, 6.07) is 14.1. The number of rotatable bonds is 7. The first-order chi connectivity index (χ1) is 10.3. The number of benzene rings is 1. The molecule has 0 fully saturated rings. The van der Waals surface area contributed by atoms with Gasteiger partial charge in [0.05, 0.1) is 6.04 Å². The summed E-state index contributed by atoms with van der Waals surface area (Å²) in [5.41, 5.74) is 8.16. The highest BCUT2D eigenvalue weighted by molar-refractivity contribution is 5.42. The van der Waals surface area contributed by atoms with Crippen LogP contribution in [0.15, 0.2) is 48.7 Å². The molecule has 1 aromatic carbocycles. The van der Waals surface area contributed by atoms with E-state index in [1.807, 2.05) is 37.3 Å². The number of aromatic nitrogens is 1. The number of nitrogens with one attached hydrogen (secondary N) is 1. The minimum Gasteiger partial charge on any atom is -0.383 e. The van der Waals surface area contributed by atoms with Crippen molar-refractivity contribution in [1.29, 1.82) is 0 Å². The maximum absolute atomic E-state index is 6.06. The highest BCUT2D eigenvalue weighted by atomic mass is 16.5. The quantitative estimate of drug-likeness (QED) is 0.820. The molecule has 112 valence electrons. The molecule has 0 bridgehead atoms. The molecule has 0 amide bonds. The Morgan fingerprint density at radius 3 is 2.52 bits per heavy atom. The van der Waals surface area contributed by atoms with Crippen LogP contribution in [0, 0.1) is 0 Å². The molecule has 1 aromatic heterocycles. The molecular formula is C17H23N3O. The van der Waals surface area contributed by atoms with Crippen molar-refractivity contribution in [2.45, 2.75) is 26.0 Å². The van der Waals surface area contributed by atoms with E-state index in [0.717, 1.165) is 17.7 Å². The van der Waals surface area contributed by atoms with Crippen LogP contribution < -0.4 is 11.1 Å². The Balaban J connectivity index is 2.40. The van der Waals surface area contributed by atoms with Gasteiger partial charge < -0.3 is 15.8 Å². The van der Waals surface area contributed by atoms with Gasteiger partial charge in [0.1, 0.15) is 11.9 Å². The Kier molecular flexibility index (Phi) is 5.72. The Labute approximate surface area is 126 Å². The van der Waals surface area contributed by atoms with Crippen molar-refractivity contribution in [3.05, 3.63) is 59.8 Å². The van der Waals surface area contributed by atoms with E-state index < -0.39 is 0 Å². The number of nitrogen functional groups attached to an aromatic ring is 1. The van der Waals surface area contributed by atoms with Crippen molar-refractivity contribution >= 4 is 5.82 Å². The monoisotopic (exact) mass is 285 g/mol. The lowest BCUT2D eigenvalue weighted by atomic mass is 9.95. The van der Waals surface area contributed by atoms with Crippen molar-refractivity contribution in [2.75, 3.05) is 18.9 Å². The Hall–Kier alpha value is -1.91. The molecule has 2 unspecified atom stereocenters. The predicted molar refractivity (Wildman–Crippen MR) is 85.9 cm³/mol. The van der Waals surface area contributed by atoms with Crippen molar-refractivity contribution in [3.8, 4) is 0 Å². The molecule has 1 heterocycles. The molecule has 3 N–H and O–H groups in total. The van der Waals surface area contributed by atoms with Crippen LogP contribution >= 0.6 is 0 Å². The van der Waals surface area contributed by atoms with Crippen LogP contribution in [0.5, 0.6) is 0 Å². The number of anilines is 1. The number of likely N-dealkylation sites (N-methyl/N-ethyl adjacent to an activating group) is 1. The third kappa shape index (κ3) is 3.80. The molecule has 2 aromatic rings. The zero-order valence-electron chi connectivity index (χ0n) is 12.6. The molecule has 4 nitrogen and oxygen atoms in total. The lowest BCUT2D eigenvalue weighted by Crippen LogP contribution is -2.29. The molecule has 2 rings (SSSR count). The fourth-order valence-corrected chi connectivity index (χ4v) is 2.50. The summed E-state index contributed by atoms with van der Waals surface area (Å²) in [5.74, 6) is 0.545. The fourth-order valence-electron chi connectivity index (χ4n) is 2.50. The Morgan fingerprint density at radius 1 is 1.14 bits per heavy atom. The van der Waals surface area contributed by atoms with Gasteiger partial charge in [0.2, 0.25) is 0 Å². The molecule has 0 aliphatic rings. The lowest BCUT2D eigenvalue weighted by Gasteiger charge is -2.29. The molecule has 21 heavy (non-hydrogen) atoms. The SMILES string of the molecule is CCNC(c1cccnc1N)C(OCC)c1ccccc1. The predicted octanol–water partition coefficient (Wildman–Crippen LogP) is 3.09. The zero-order chi connectivity index (χ0) is 15.1. The first-order valence-corrected chi connectivity index (χ1v) is 7.38. The maximum Gasteiger partial charge on any atom is 0.128 e. The van der Waals surface area contributed by atoms with Gasteiger partial charge in [-0.3, -0.25) is 0 Å². The number of ether oxygens (including phenoxy) is 1. The Morgan fingerprint density at radius 2 is 1.90 bits per heavy atom. The van der Waals surface area contributed by atoms with E-state index in [2.05, 4.69) is 29.4 Å². The third-order valence-electron chi connectivity index (χ3n) is 3.41. The van der Waals surface area contributed by atoms with Gasteiger partial charge in [-0.15, -0.1) is 0 Å². The minimum atomic E-state index is -0.0948. The molecule has 0 saturated heterocycles. The van der Waals surface area contributed by atoms with Gasteiger partial charge in [-0.05, 0) is 25.1 Å². The summed E-state index contributed by atoms with van der Waals surface area (Å²) in [5, 5.41) is 3.48. The highest BCUT2D eigenvalue weighted by Gasteiger charge is 2.26. The summed E-state index contributed by atoms with van der Waals surface area (Å²) >= 11 is 0. The van der Waals surface area contributed by atoms with Crippen LogP contribution in [-0.2, 0) is 4.74 Å². The van der Waals surface area contributed by atoms with E-state index in [0.29, 0.717) is 12.4 Å². The van der Waals surface area contributed by atoms with Gasteiger partial charge in [-0.1, -0.05) is 43.3 Å². The molecule has 0 spiro atoms. The molecule has 0 saturated carbocycles. The number of pyridine rings is 1. The van der Waals surface area contributed by atoms with Crippen LogP contribution in [0.2, 0.25) is 0 Å². The van der Waals surface area contributed by atoms with E-state index in [4.69, 9.17) is 10.5 Å². The van der Waals surface area contributed by atoms with Gasteiger partial charge in [-0.2, -0.15) is 0 Å². The first-order valence-electron chi connectivity index (χ1n) is 7.38. The van der Waals surface area contributed by atoms with E-state index in [1.165, 1.54) is 0 Å². The van der Waals surface area contributed by atoms with E-state index in [-0.39, 0.29) is 12.1 Å². The molecular weight excluding hydrogens is 262 g/mol. The second-order valence-electron chi connectivity index (χ2n) is 4.80. The van der Waals surface area contributed by atoms with Gasteiger partial charge in [-0.25, -0.2) is 4.98 Å². The van der Waals surface area contributed by atoms with Crippen LogP contribution in [-0.4, -0.2) is 18.1 Å². The van der Waals surface area contributed by atoms with E-state index in [9.17, 15) is 0 Å². The lowest BCUT2D eigenvalue weighted by molar-refractivity contribution is 0.0332. The van der Waals surface area contributed by atoms with Gasteiger partial charge in [0.25, 0.3) is 0 Å². The number of hydrogen-bond acceptors (Lipinski definition) is 4. The van der Waals surface area contributed by atoms with Crippen molar-refractivity contribution in [2.24, 2.45) is 0 Å².